The summed E-state index contributed by atoms with van der Waals surface area (Å²) in [7, 11) is 1.30. The van der Waals surface area contributed by atoms with E-state index in [0.29, 0.717) is 0 Å². The van der Waals surface area contributed by atoms with Crippen LogP contribution in [0.25, 0.3) is 0 Å². The number of aromatic hydroxyl groups is 1. The number of ketones is 2. The number of rotatable bonds is 1. The molecule has 5 N–H and O–H groups in total. The lowest BCUT2D eigenvalue weighted by Crippen LogP contribution is -2.73. The molecule has 0 amide bonds. The Labute approximate surface area is 141 Å². The summed E-state index contributed by atoms with van der Waals surface area (Å²) in [6.45, 7) is 1.03. The van der Waals surface area contributed by atoms with Gasteiger partial charge in [-0.25, -0.2) is 0 Å². The van der Waals surface area contributed by atoms with Crippen LogP contribution in [0.3, 0.4) is 0 Å². The van der Waals surface area contributed by atoms with Crippen molar-refractivity contribution in [2.75, 3.05) is 7.11 Å². The van der Waals surface area contributed by atoms with Gasteiger partial charge in [0.1, 0.15) is 35.4 Å². The highest BCUT2D eigenvalue weighted by molar-refractivity contribution is 6.27. The molecule has 0 aromatic heterocycles. The molecular weight excluding hydrogens is 336 g/mol. The Kier molecular flexibility index (Phi) is 2.88. The maximum atomic E-state index is 13.0. The first-order chi connectivity index (χ1) is 11.6. The SMILES string of the molecule is COc1cc(O)c2c(c1)C(=O)C13OC1(C2=O)[C@H](O)[C@@H](O)[C@@](C)(O)[C@H]3O. The number of hydrogen-bond acceptors (Lipinski definition) is 9. The van der Waals surface area contributed by atoms with Gasteiger partial charge in [-0.3, -0.25) is 9.59 Å². The van der Waals surface area contributed by atoms with E-state index in [1.54, 1.807) is 0 Å². The zero-order chi connectivity index (χ0) is 18.5. The summed E-state index contributed by atoms with van der Waals surface area (Å²) in [5, 5.41) is 51.5. The zero-order valence-electron chi connectivity index (χ0n) is 13.3. The van der Waals surface area contributed by atoms with E-state index < -0.39 is 52.4 Å². The summed E-state index contributed by atoms with van der Waals surface area (Å²) in [6, 6.07) is 2.32. The first-order valence-electron chi connectivity index (χ1n) is 7.54. The summed E-state index contributed by atoms with van der Waals surface area (Å²) in [5.41, 5.74) is -7.44. The van der Waals surface area contributed by atoms with E-state index in [1.807, 2.05) is 0 Å². The Hall–Kier alpha value is -2.04. The number of Topliss-reactive ketones (excluding diaryl/α,β-unsaturated/α-hetero) is 2. The number of phenols is 1. The Morgan fingerprint density at radius 1 is 1.08 bits per heavy atom. The molecule has 2 aliphatic carbocycles. The van der Waals surface area contributed by atoms with E-state index in [-0.39, 0.29) is 16.9 Å². The van der Waals surface area contributed by atoms with Gasteiger partial charge in [-0.2, -0.15) is 0 Å². The van der Waals surface area contributed by atoms with Crippen LogP contribution in [0, 0.1) is 0 Å². The molecule has 1 heterocycles. The van der Waals surface area contributed by atoms with Crippen LogP contribution >= 0.6 is 0 Å². The predicted molar refractivity (Wildman–Crippen MR) is 78.5 cm³/mol. The van der Waals surface area contributed by atoms with E-state index in [0.717, 1.165) is 13.0 Å². The van der Waals surface area contributed by atoms with Gasteiger partial charge in [0, 0.05) is 11.6 Å². The smallest absolute Gasteiger partial charge is 0.205 e. The van der Waals surface area contributed by atoms with Gasteiger partial charge in [-0.05, 0) is 13.0 Å². The fourth-order valence-electron chi connectivity index (χ4n) is 4.09. The van der Waals surface area contributed by atoms with Gasteiger partial charge in [0.15, 0.2) is 11.2 Å². The molecule has 9 nitrogen and oxygen atoms in total. The Balaban J connectivity index is 2.00. The van der Waals surface area contributed by atoms with Crippen molar-refractivity contribution in [3.63, 3.8) is 0 Å². The molecule has 1 saturated carbocycles. The number of epoxide rings is 1. The van der Waals surface area contributed by atoms with Crippen LogP contribution in [-0.4, -0.2) is 79.3 Å². The molecule has 134 valence electrons. The Bertz CT molecular complexity index is 831. The van der Waals surface area contributed by atoms with Crippen LogP contribution in [0.4, 0.5) is 0 Å². The van der Waals surface area contributed by atoms with E-state index in [9.17, 15) is 35.1 Å². The molecule has 0 spiro atoms. The lowest BCUT2D eigenvalue weighted by Gasteiger charge is -2.46. The van der Waals surface area contributed by atoms with Crippen molar-refractivity contribution in [1.82, 2.24) is 0 Å². The third-order valence-electron chi connectivity index (χ3n) is 5.56. The predicted octanol–water partition coefficient (Wildman–Crippen LogP) is -1.87. The minimum atomic E-state index is -2.30. The molecule has 1 aliphatic heterocycles. The summed E-state index contributed by atoms with van der Waals surface area (Å²) in [6.07, 6.45) is -5.90. The molecule has 1 saturated heterocycles. The standard InChI is InChI=1S/C16H16O9/c1-14(23)11(20)12(21)15-10(19)8-6(3-5(24-2)4-7(8)17)9(18)16(15,25-15)13(14)22/h3-4,11-13,17,20-23H,1-2H3/t11-,12-,13-,14-,15?,16?/m1/s1. The third kappa shape index (κ3) is 1.48. The molecule has 1 aromatic rings. The average Bonchev–Trinajstić information content (AvgIpc) is 3.29. The molecule has 0 bridgehead atoms. The first-order valence-corrected chi connectivity index (χ1v) is 7.54. The minimum Gasteiger partial charge on any atom is -0.507 e. The van der Waals surface area contributed by atoms with Gasteiger partial charge >= 0.3 is 0 Å². The largest absolute Gasteiger partial charge is 0.507 e. The van der Waals surface area contributed by atoms with Crippen LogP contribution in [0.1, 0.15) is 27.6 Å². The molecule has 2 unspecified atom stereocenters. The number of carbonyl (C=O) groups is 2. The second-order valence-electron chi connectivity index (χ2n) is 6.82. The monoisotopic (exact) mass is 352 g/mol. The summed E-state index contributed by atoms with van der Waals surface area (Å²) >= 11 is 0. The van der Waals surface area contributed by atoms with Crippen LogP contribution < -0.4 is 4.74 Å². The number of aliphatic hydroxyl groups is 4. The van der Waals surface area contributed by atoms with E-state index in [4.69, 9.17) is 9.47 Å². The summed E-state index contributed by atoms with van der Waals surface area (Å²) < 4.78 is 10.3. The number of fused-ring (bicyclic) bond motifs is 1. The van der Waals surface area contributed by atoms with Gasteiger partial charge in [-0.1, -0.05) is 0 Å². The van der Waals surface area contributed by atoms with Gasteiger partial charge in [0.25, 0.3) is 0 Å². The lowest BCUT2D eigenvalue weighted by molar-refractivity contribution is -0.195. The highest BCUT2D eigenvalue weighted by Gasteiger charge is 2.92. The molecule has 6 atom stereocenters. The van der Waals surface area contributed by atoms with Gasteiger partial charge in [-0.15, -0.1) is 0 Å². The van der Waals surface area contributed by atoms with Crippen molar-refractivity contribution in [1.29, 1.82) is 0 Å². The second kappa shape index (κ2) is 4.37. The van der Waals surface area contributed by atoms with Crippen molar-refractivity contribution in [3.8, 4) is 11.5 Å². The molecule has 25 heavy (non-hydrogen) atoms. The van der Waals surface area contributed by atoms with E-state index >= 15 is 0 Å². The molecule has 3 aliphatic rings. The fourth-order valence-corrected chi connectivity index (χ4v) is 4.09. The number of methoxy groups -OCH3 is 1. The molecule has 0 radical (unpaired) electrons. The number of hydrogen-bond donors (Lipinski definition) is 5. The third-order valence-corrected chi connectivity index (χ3v) is 5.56. The van der Waals surface area contributed by atoms with Crippen molar-refractivity contribution in [3.05, 3.63) is 23.3 Å². The normalized spacial score (nSPS) is 44.6. The Morgan fingerprint density at radius 2 is 1.72 bits per heavy atom. The van der Waals surface area contributed by atoms with E-state index in [2.05, 4.69) is 0 Å². The highest BCUT2D eigenvalue weighted by Crippen LogP contribution is 2.65. The van der Waals surface area contributed by atoms with Crippen LogP contribution in [0.15, 0.2) is 12.1 Å². The maximum Gasteiger partial charge on any atom is 0.205 e. The quantitative estimate of drug-likeness (QED) is 0.365. The molecule has 9 heteroatoms. The second-order valence-corrected chi connectivity index (χ2v) is 6.82. The number of benzene rings is 1. The molecular formula is C16H16O9. The van der Waals surface area contributed by atoms with E-state index in [1.165, 1.54) is 13.2 Å². The first kappa shape index (κ1) is 16.4. The van der Waals surface area contributed by atoms with Gasteiger partial charge in [0.05, 0.1) is 12.7 Å². The van der Waals surface area contributed by atoms with Crippen molar-refractivity contribution >= 4 is 11.6 Å². The molecule has 1 aromatic carbocycles. The average molecular weight is 352 g/mol. The van der Waals surface area contributed by atoms with Crippen LogP contribution in [-0.2, 0) is 4.74 Å². The number of carbonyl (C=O) groups excluding carboxylic acids is 2. The van der Waals surface area contributed by atoms with Gasteiger partial charge in [0.2, 0.25) is 11.6 Å². The molecule has 4 rings (SSSR count). The number of ether oxygens (including phenoxy) is 2. The van der Waals surface area contributed by atoms with Crippen LogP contribution in [0.2, 0.25) is 0 Å². The maximum absolute atomic E-state index is 13.0. The fraction of sp³-hybridized carbons (Fsp3) is 0.500. The topological polar surface area (TPSA) is 157 Å². The molecule has 2 fully saturated rings. The summed E-state index contributed by atoms with van der Waals surface area (Å²) in [5.74, 6) is -2.31. The number of phenolic OH excluding ortho intramolecular Hbond substituents is 1. The minimum absolute atomic E-state index is 0.0968. The van der Waals surface area contributed by atoms with Gasteiger partial charge < -0.3 is 35.0 Å². The zero-order valence-corrected chi connectivity index (χ0v) is 13.3. The van der Waals surface area contributed by atoms with Crippen LogP contribution in [0.5, 0.6) is 11.5 Å². The van der Waals surface area contributed by atoms with Crippen molar-refractivity contribution in [2.24, 2.45) is 0 Å². The summed E-state index contributed by atoms with van der Waals surface area (Å²) in [4.78, 5) is 26.0. The Morgan fingerprint density at radius 3 is 2.32 bits per heavy atom. The highest BCUT2D eigenvalue weighted by atomic mass is 16.7. The van der Waals surface area contributed by atoms with Crippen molar-refractivity contribution in [2.45, 2.75) is 42.0 Å². The van der Waals surface area contributed by atoms with Crippen molar-refractivity contribution < 1.29 is 44.6 Å². The lowest BCUT2D eigenvalue weighted by atomic mass is 9.59. The number of aliphatic hydroxyl groups excluding tert-OH is 3.